The lowest BCUT2D eigenvalue weighted by Crippen LogP contribution is -2.14. The van der Waals surface area contributed by atoms with Gasteiger partial charge in [-0.25, -0.2) is 0 Å². The predicted octanol–water partition coefficient (Wildman–Crippen LogP) is 14.4. The second-order valence-electron chi connectivity index (χ2n) is 16.8. The number of aromatic nitrogens is 2. The smallest absolute Gasteiger partial charge is 0.0622 e. The molecule has 0 unspecified atom stereocenters. The van der Waals surface area contributed by atoms with E-state index < -0.39 is 0 Å². The molecular weight excluding hydrogens is 689 g/mol. The highest BCUT2D eigenvalue weighted by Gasteiger charge is 2.37. The SMILES string of the molecule is CC1(C)c2ccccc2-c2c1ccc1c3cc(-c4ccc5c(c4)c4ccccc4n5-c4ccc5c(c4)CCCC5)ccc3n(-c3cccc(-c4ccccc4)c3)c21. The minimum Gasteiger partial charge on any atom is -0.309 e. The van der Waals surface area contributed by atoms with Crippen molar-refractivity contribution in [1.82, 2.24) is 9.13 Å². The van der Waals surface area contributed by atoms with Crippen molar-refractivity contribution in [1.29, 1.82) is 0 Å². The van der Waals surface area contributed by atoms with Crippen molar-refractivity contribution in [2.45, 2.75) is 44.9 Å². The summed E-state index contributed by atoms with van der Waals surface area (Å²) in [4.78, 5) is 0. The fourth-order valence-electron chi connectivity index (χ4n) is 10.5. The highest BCUT2D eigenvalue weighted by molar-refractivity contribution is 6.17. The second-order valence-corrected chi connectivity index (χ2v) is 16.8. The first-order chi connectivity index (χ1) is 28.0. The maximum atomic E-state index is 2.54. The Hall–Kier alpha value is -6.64. The lowest BCUT2D eigenvalue weighted by molar-refractivity contribution is 0.661. The third-order valence-corrected chi connectivity index (χ3v) is 13.3. The Labute approximate surface area is 333 Å². The Balaban J connectivity index is 1.08. The van der Waals surface area contributed by atoms with Crippen molar-refractivity contribution in [3.8, 4) is 44.8 Å². The first kappa shape index (κ1) is 32.6. The van der Waals surface area contributed by atoms with Crippen LogP contribution in [0.15, 0.2) is 170 Å². The Bertz CT molecular complexity index is 3260. The minimum absolute atomic E-state index is 0.0911. The molecule has 0 bridgehead atoms. The van der Waals surface area contributed by atoms with Crippen molar-refractivity contribution < 1.29 is 0 Å². The summed E-state index contributed by atoms with van der Waals surface area (Å²) in [6.45, 7) is 4.76. The largest absolute Gasteiger partial charge is 0.309 e. The van der Waals surface area contributed by atoms with Crippen LogP contribution in [0.4, 0.5) is 0 Å². The third kappa shape index (κ3) is 4.77. The molecule has 2 nitrogen and oxygen atoms in total. The molecule has 0 saturated heterocycles. The van der Waals surface area contributed by atoms with E-state index in [1.807, 2.05) is 0 Å². The molecule has 0 radical (unpaired) electrons. The van der Waals surface area contributed by atoms with Crippen LogP contribution in [0, 0.1) is 0 Å². The Morgan fingerprint density at radius 3 is 1.89 bits per heavy atom. The van der Waals surface area contributed by atoms with Crippen LogP contribution in [0.3, 0.4) is 0 Å². The number of fused-ring (bicyclic) bond motifs is 11. The van der Waals surface area contributed by atoms with Crippen LogP contribution < -0.4 is 0 Å². The van der Waals surface area contributed by atoms with Crippen LogP contribution in [0.1, 0.15) is 48.9 Å². The van der Waals surface area contributed by atoms with E-state index in [9.17, 15) is 0 Å². The zero-order valence-corrected chi connectivity index (χ0v) is 32.4. The van der Waals surface area contributed by atoms with Crippen LogP contribution in [0.5, 0.6) is 0 Å². The summed E-state index contributed by atoms with van der Waals surface area (Å²) >= 11 is 0. The molecule has 2 aliphatic rings. The predicted molar refractivity (Wildman–Crippen MR) is 240 cm³/mol. The monoisotopic (exact) mass is 730 g/mol. The van der Waals surface area contributed by atoms with Gasteiger partial charge in [0.05, 0.1) is 22.1 Å². The molecule has 0 atom stereocenters. The van der Waals surface area contributed by atoms with Gasteiger partial charge in [0, 0.05) is 43.9 Å². The minimum atomic E-state index is -0.0911. The quantitative estimate of drug-likeness (QED) is 0.171. The molecule has 0 fully saturated rings. The summed E-state index contributed by atoms with van der Waals surface area (Å²) in [7, 11) is 0. The fourth-order valence-corrected chi connectivity index (χ4v) is 10.5. The van der Waals surface area contributed by atoms with Crippen molar-refractivity contribution in [2.24, 2.45) is 0 Å². The molecule has 272 valence electrons. The molecule has 0 spiro atoms. The van der Waals surface area contributed by atoms with Gasteiger partial charge >= 0.3 is 0 Å². The van der Waals surface area contributed by atoms with E-state index in [0.717, 1.165) is 0 Å². The average Bonchev–Trinajstić information content (AvgIpc) is 3.86. The van der Waals surface area contributed by atoms with Crippen molar-refractivity contribution in [2.75, 3.05) is 0 Å². The van der Waals surface area contributed by atoms with Gasteiger partial charge in [0.1, 0.15) is 0 Å². The number of benzene rings is 8. The van der Waals surface area contributed by atoms with Gasteiger partial charge < -0.3 is 9.13 Å². The van der Waals surface area contributed by atoms with Crippen molar-refractivity contribution in [3.05, 3.63) is 192 Å². The molecule has 2 aromatic heterocycles. The normalized spacial score (nSPS) is 14.4. The second kappa shape index (κ2) is 12.2. The molecule has 57 heavy (non-hydrogen) atoms. The van der Waals surface area contributed by atoms with Gasteiger partial charge in [0.25, 0.3) is 0 Å². The van der Waals surface area contributed by atoms with Gasteiger partial charge in [-0.05, 0) is 130 Å². The Morgan fingerprint density at radius 1 is 0.404 bits per heavy atom. The van der Waals surface area contributed by atoms with Gasteiger partial charge in [0.15, 0.2) is 0 Å². The van der Waals surface area contributed by atoms with Crippen LogP contribution in [0.25, 0.3) is 88.4 Å². The molecule has 2 heteroatoms. The van der Waals surface area contributed by atoms with Gasteiger partial charge in [-0.1, -0.05) is 129 Å². The molecule has 8 aromatic carbocycles. The summed E-state index contributed by atoms with van der Waals surface area (Å²) in [6, 6.07) is 63.9. The van der Waals surface area contributed by atoms with E-state index in [-0.39, 0.29) is 5.41 Å². The molecule has 2 heterocycles. The standard InChI is InChI=1S/C55H42N2/c1-55(2)48-21-10-8-20-45(48)53-49(55)28-27-44-47-34-40(25-30-52(47)57(54(44)53)41-18-12-17-38(31-41)35-13-4-3-5-14-35)39-24-29-51-46(33-39)43-19-9-11-22-50(43)56(51)42-26-23-36-15-6-7-16-37(36)32-42/h3-5,8-14,17-34H,6-7,15-16H2,1-2H3. The van der Waals surface area contributed by atoms with Gasteiger partial charge in [-0.3, -0.25) is 0 Å². The van der Waals surface area contributed by atoms with E-state index in [4.69, 9.17) is 0 Å². The van der Waals surface area contributed by atoms with Gasteiger partial charge in [-0.2, -0.15) is 0 Å². The highest BCUT2D eigenvalue weighted by Crippen LogP contribution is 2.53. The number of aryl methyl sites for hydroxylation is 2. The van der Waals surface area contributed by atoms with E-state index in [1.165, 1.54) is 136 Å². The molecular formula is C55H42N2. The van der Waals surface area contributed by atoms with Gasteiger partial charge in [-0.15, -0.1) is 0 Å². The summed E-state index contributed by atoms with van der Waals surface area (Å²) in [6.07, 6.45) is 4.95. The Kier molecular flexibility index (Phi) is 6.96. The van der Waals surface area contributed by atoms with E-state index >= 15 is 0 Å². The fraction of sp³-hybridized carbons (Fsp3) is 0.127. The number of hydrogen-bond donors (Lipinski definition) is 0. The number of rotatable bonds is 4. The topological polar surface area (TPSA) is 9.86 Å². The number of hydrogen-bond acceptors (Lipinski definition) is 0. The zero-order chi connectivity index (χ0) is 37.8. The first-order valence-electron chi connectivity index (χ1n) is 20.6. The molecule has 0 amide bonds. The molecule has 10 aromatic rings. The molecule has 2 aliphatic carbocycles. The summed E-state index contributed by atoms with van der Waals surface area (Å²) < 4.78 is 5.01. The maximum absolute atomic E-state index is 2.54. The summed E-state index contributed by atoms with van der Waals surface area (Å²) in [5.74, 6) is 0. The maximum Gasteiger partial charge on any atom is 0.0622 e. The molecule has 0 N–H and O–H groups in total. The summed E-state index contributed by atoms with van der Waals surface area (Å²) in [5.41, 5.74) is 20.8. The lowest BCUT2D eigenvalue weighted by Gasteiger charge is -2.21. The van der Waals surface area contributed by atoms with E-state index in [2.05, 4.69) is 193 Å². The van der Waals surface area contributed by atoms with Crippen LogP contribution in [-0.2, 0) is 18.3 Å². The number of nitrogens with zero attached hydrogens (tertiary/aromatic N) is 2. The zero-order valence-electron chi connectivity index (χ0n) is 32.4. The highest BCUT2D eigenvalue weighted by atomic mass is 15.0. The van der Waals surface area contributed by atoms with E-state index in [0.29, 0.717) is 0 Å². The molecule has 0 saturated carbocycles. The Morgan fingerprint density at radius 2 is 1.05 bits per heavy atom. The van der Waals surface area contributed by atoms with E-state index in [1.54, 1.807) is 0 Å². The number of para-hydroxylation sites is 1. The van der Waals surface area contributed by atoms with Crippen LogP contribution >= 0.6 is 0 Å². The average molecular weight is 731 g/mol. The molecule has 0 aliphatic heterocycles. The first-order valence-corrected chi connectivity index (χ1v) is 20.6. The summed E-state index contributed by atoms with van der Waals surface area (Å²) in [5, 5.41) is 5.14. The van der Waals surface area contributed by atoms with Crippen LogP contribution in [-0.4, -0.2) is 9.13 Å². The van der Waals surface area contributed by atoms with Crippen molar-refractivity contribution in [3.63, 3.8) is 0 Å². The lowest BCUT2D eigenvalue weighted by atomic mass is 9.82. The third-order valence-electron chi connectivity index (χ3n) is 13.3. The molecule has 12 rings (SSSR count). The van der Waals surface area contributed by atoms with Crippen molar-refractivity contribution >= 4 is 43.6 Å². The van der Waals surface area contributed by atoms with Crippen LogP contribution in [0.2, 0.25) is 0 Å². The van der Waals surface area contributed by atoms with Gasteiger partial charge in [0.2, 0.25) is 0 Å².